The van der Waals surface area contributed by atoms with Crippen LogP contribution in [0.25, 0.3) is 16.7 Å². The maximum absolute atomic E-state index is 13.4. The third kappa shape index (κ3) is 4.81. The number of hydrogen-bond donors (Lipinski definition) is 2. The molecule has 0 saturated carbocycles. The first-order chi connectivity index (χ1) is 16.1. The van der Waals surface area contributed by atoms with E-state index in [1.54, 1.807) is 36.5 Å². The lowest BCUT2D eigenvalue weighted by Crippen LogP contribution is -2.30. The smallest absolute Gasteiger partial charge is 0.378 e. The fraction of sp³-hybridized carbons (Fsp3) is 0.217. The van der Waals surface area contributed by atoms with Crippen molar-refractivity contribution in [2.24, 2.45) is 0 Å². The molecule has 3 aromatic heterocycles. The van der Waals surface area contributed by atoms with Gasteiger partial charge in [0.2, 0.25) is 0 Å². The number of carbonyl (C=O) groups excluding carboxylic acids is 1. The molecule has 0 spiro atoms. The van der Waals surface area contributed by atoms with Gasteiger partial charge in [-0.3, -0.25) is 9.78 Å². The van der Waals surface area contributed by atoms with Crippen molar-refractivity contribution in [3.8, 4) is 5.82 Å². The van der Waals surface area contributed by atoms with E-state index >= 15 is 0 Å². The molecule has 0 unspecified atom stereocenters. The monoisotopic (exact) mass is 488 g/mol. The molecule has 0 fully saturated rings. The van der Waals surface area contributed by atoms with Crippen molar-refractivity contribution >= 4 is 34.1 Å². The summed E-state index contributed by atoms with van der Waals surface area (Å²) in [6, 6.07) is 10.8. The molecule has 0 atom stereocenters. The van der Waals surface area contributed by atoms with E-state index in [2.05, 4.69) is 25.7 Å². The second-order valence-electron chi connectivity index (χ2n) is 7.78. The van der Waals surface area contributed by atoms with Gasteiger partial charge in [-0.15, -0.1) is 0 Å². The summed E-state index contributed by atoms with van der Waals surface area (Å²) in [5.74, 6) is -0.255. The number of anilines is 1. The van der Waals surface area contributed by atoms with Gasteiger partial charge in [0.1, 0.15) is 0 Å². The van der Waals surface area contributed by atoms with Crippen molar-refractivity contribution in [3.63, 3.8) is 0 Å². The average molecular weight is 489 g/mol. The van der Waals surface area contributed by atoms with Gasteiger partial charge in [0.15, 0.2) is 11.5 Å². The zero-order valence-corrected chi connectivity index (χ0v) is 18.9. The minimum absolute atomic E-state index is 0.0637. The van der Waals surface area contributed by atoms with E-state index in [1.165, 1.54) is 12.3 Å². The van der Waals surface area contributed by atoms with E-state index in [0.717, 1.165) is 10.7 Å². The molecule has 0 aliphatic heterocycles. The minimum atomic E-state index is -4.66. The first kappa shape index (κ1) is 23.5. The summed E-state index contributed by atoms with van der Waals surface area (Å²) >= 11 is 6.18. The number of pyridine rings is 2. The first-order valence-electron chi connectivity index (χ1n) is 10.3. The molecular formula is C23H20ClF3N6O. The fourth-order valence-electron chi connectivity index (χ4n) is 3.45. The summed E-state index contributed by atoms with van der Waals surface area (Å²) in [5.41, 5.74) is 0.486. The quantitative estimate of drug-likeness (QED) is 0.388. The molecule has 0 bridgehead atoms. The highest BCUT2D eigenvalue weighted by atomic mass is 35.5. The van der Waals surface area contributed by atoms with Crippen LogP contribution >= 0.6 is 11.6 Å². The van der Waals surface area contributed by atoms with Crippen LogP contribution in [0, 0.1) is 0 Å². The van der Waals surface area contributed by atoms with Gasteiger partial charge in [-0.25, -0.2) is 9.67 Å². The van der Waals surface area contributed by atoms with Gasteiger partial charge in [0.25, 0.3) is 5.91 Å². The van der Waals surface area contributed by atoms with Crippen molar-refractivity contribution in [3.05, 3.63) is 76.8 Å². The van der Waals surface area contributed by atoms with Crippen LogP contribution in [0.4, 0.5) is 18.9 Å². The van der Waals surface area contributed by atoms with E-state index in [1.807, 2.05) is 13.8 Å². The Morgan fingerprint density at radius 1 is 1.12 bits per heavy atom. The van der Waals surface area contributed by atoms with Gasteiger partial charge in [-0.2, -0.15) is 18.3 Å². The van der Waals surface area contributed by atoms with Crippen molar-refractivity contribution < 1.29 is 18.0 Å². The molecule has 0 aliphatic rings. The molecule has 1 amide bonds. The maximum Gasteiger partial charge on any atom is 0.435 e. The average Bonchev–Trinajstić information content (AvgIpc) is 3.21. The van der Waals surface area contributed by atoms with E-state index in [0.29, 0.717) is 22.2 Å². The summed E-state index contributed by atoms with van der Waals surface area (Å²) < 4.78 is 41.4. The van der Waals surface area contributed by atoms with Crippen LogP contribution in [0.15, 0.2) is 54.9 Å². The number of alkyl halides is 3. The molecule has 11 heteroatoms. The number of nitrogens with one attached hydrogen (secondary N) is 2. The minimum Gasteiger partial charge on any atom is -0.378 e. The Balaban J connectivity index is 1.78. The Labute approximate surface area is 198 Å². The van der Waals surface area contributed by atoms with Crippen LogP contribution in [0.5, 0.6) is 0 Å². The molecule has 0 aliphatic carbocycles. The number of aromatic nitrogens is 4. The van der Waals surface area contributed by atoms with Gasteiger partial charge in [0.05, 0.1) is 34.0 Å². The SMILES string of the molecule is CC(C)NC(=O)c1ccc2ncccc2c1NCc1cc(C(F)(F)F)nn1-c1ncccc1Cl. The zero-order valence-electron chi connectivity index (χ0n) is 18.2. The highest BCUT2D eigenvalue weighted by Crippen LogP contribution is 2.32. The fourth-order valence-corrected chi connectivity index (χ4v) is 3.65. The van der Waals surface area contributed by atoms with Crippen molar-refractivity contribution in [2.45, 2.75) is 32.6 Å². The molecule has 7 nitrogen and oxygen atoms in total. The Morgan fingerprint density at radius 3 is 2.56 bits per heavy atom. The number of rotatable bonds is 6. The zero-order chi connectivity index (χ0) is 24.5. The lowest BCUT2D eigenvalue weighted by molar-refractivity contribution is -0.141. The first-order valence-corrected chi connectivity index (χ1v) is 10.7. The number of benzene rings is 1. The third-order valence-electron chi connectivity index (χ3n) is 4.91. The van der Waals surface area contributed by atoms with Gasteiger partial charge in [0, 0.05) is 23.8 Å². The second-order valence-corrected chi connectivity index (χ2v) is 8.19. The Kier molecular flexibility index (Phi) is 6.43. The topological polar surface area (TPSA) is 84.7 Å². The van der Waals surface area contributed by atoms with E-state index in [4.69, 9.17) is 11.6 Å². The number of hydrogen-bond acceptors (Lipinski definition) is 5. The van der Waals surface area contributed by atoms with Gasteiger partial charge < -0.3 is 10.6 Å². The van der Waals surface area contributed by atoms with Crippen LogP contribution in [0.3, 0.4) is 0 Å². The summed E-state index contributed by atoms with van der Waals surface area (Å²) in [4.78, 5) is 21.2. The number of fused-ring (bicyclic) bond motifs is 1. The van der Waals surface area contributed by atoms with Gasteiger partial charge in [-0.1, -0.05) is 11.6 Å². The van der Waals surface area contributed by atoms with Gasteiger partial charge in [-0.05, 0) is 56.3 Å². The number of halogens is 4. The molecule has 4 aromatic rings. The summed E-state index contributed by atoms with van der Waals surface area (Å²) in [6.07, 6.45) is -1.63. The highest BCUT2D eigenvalue weighted by molar-refractivity contribution is 6.32. The van der Waals surface area contributed by atoms with Crippen molar-refractivity contribution in [1.29, 1.82) is 0 Å². The predicted octanol–water partition coefficient (Wildman–Crippen LogP) is 5.24. The molecule has 4 rings (SSSR count). The normalized spacial score (nSPS) is 11.7. The lowest BCUT2D eigenvalue weighted by Gasteiger charge is -2.16. The molecule has 2 N–H and O–H groups in total. The molecular weight excluding hydrogens is 469 g/mol. The number of nitrogens with zero attached hydrogens (tertiary/aromatic N) is 4. The van der Waals surface area contributed by atoms with E-state index in [9.17, 15) is 18.0 Å². The second kappa shape index (κ2) is 9.30. The summed E-state index contributed by atoms with van der Waals surface area (Å²) in [5, 5.41) is 10.5. The van der Waals surface area contributed by atoms with Gasteiger partial charge >= 0.3 is 6.18 Å². The van der Waals surface area contributed by atoms with Crippen LogP contribution in [-0.2, 0) is 12.7 Å². The summed E-state index contributed by atoms with van der Waals surface area (Å²) in [6.45, 7) is 3.58. The van der Waals surface area contributed by atoms with Crippen LogP contribution in [0.1, 0.15) is 35.6 Å². The predicted molar refractivity (Wildman–Crippen MR) is 123 cm³/mol. The number of carbonyl (C=O) groups is 1. The summed E-state index contributed by atoms with van der Waals surface area (Å²) in [7, 11) is 0. The van der Waals surface area contributed by atoms with Crippen LogP contribution < -0.4 is 10.6 Å². The molecule has 1 aromatic carbocycles. The molecule has 34 heavy (non-hydrogen) atoms. The van der Waals surface area contributed by atoms with E-state index < -0.39 is 11.9 Å². The molecule has 3 heterocycles. The Bertz CT molecular complexity index is 1350. The maximum atomic E-state index is 13.4. The third-order valence-corrected chi connectivity index (χ3v) is 5.20. The van der Waals surface area contributed by atoms with E-state index in [-0.39, 0.29) is 35.0 Å². The standard InChI is InChI=1S/C23H20ClF3N6O/c1-13(2)31-22(34)16-7-8-18-15(5-3-9-28-18)20(16)30-12-14-11-19(23(25,26)27)32-33(14)21-17(24)6-4-10-29-21/h3-11,13,30H,12H2,1-2H3,(H,31,34). The molecule has 176 valence electrons. The molecule has 0 radical (unpaired) electrons. The van der Waals surface area contributed by atoms with Crippen molar-refractivity contribution in [1.82, 2.24) is 25.1 Å². The lowest BCUT2D eigenvalue weighted by atomic mass is 10.1. The Morgan fingerprint density at radius 2 is 1.85 bits per heavy atom. The Hall–Kier alpha value is -3.66. The highest BCUT2D eigenvalue weighted by Gasteiger charge is 2.35. The van der Waals surface area contributed by atoms with Crippen LogP contribution in [-0.4, -0.2) is 31.7 Å². The van der Waals surface area contributed by atoms with Crippen LogP contribution in [0.2, 0.25) is 5.02 Å². The number of amides is 1. The largest absolute Gasteiger partial charge is 0.435 e. The molecule has 0 saturated heterocycles. The van der Waals surface area contributed by atoms with Crippen molar-refractivity contribution in [2.75, 3.05) is 5.32 Å².